The Morgan fingerprint density at radius 2 is 1.18 bits per heavy atom. The van der Waals surface area contributed by atoms with Crippen molar-refractivity contribution in [1.29, 1.82) is 0 Å². The number of nitrogens with zero attached hydrogens (tertiary/aromatic N) is 1. The van der Waals surface area contributed by atoms with Gasteiger partial charge in [0.2, 0.25) is 5.91 Å². The molecule has 1 amide bonds. The predicted octanol–water partition coefficient (Wildman–Crippen LogP) is 5.68. The number of nitrogens with one attached hydrogen (secondary N) is 1. The van der Waals surface area contributed by atoms with Crippen LogP contribution in [0.5, 0.6) is 0 Å². The Balaban J connectivity index is 3.35. The fraction of sp³-hybridized carbons (Fsp3) is 0.958. The van der Waals surface area contributed by atoms with Crippen LogP contribution in [0.15, 0.2) is 0 Å². The fourth-order valence-corrected chi connectivity index (χ4v) is 3.66. The Bertz CT molecular complexity index is 333. The van der Waals surface area contributed by atoms with Gasteiger partial charge in [0.25, 0.3) is 0 Å². The number of amides is 1. The van der Waals surface area contributed by atoms with Crippen LogP contribution in [-0.2, 0) is 4.79 Å². The van der Waals surface area contributed by atoms with E-state index in [1.165, 1.54) is 77.0 Å². The quantitative estimate of drug-likeness (QED) is 0.245. The minimum Gasteiger partial charge on any atom is -0.383 e. The van der Waals surface area contributed by atoms with Crippen molar-refractivity contribution in [3.63, 3.8) is 0 Å². The molecule has 4 heteroatoms. The molecule has 0 bridgehead atoms. The lowest BCUT2D eigenvalue weighted by Crippen LogP contribution is -2.39. The van der Waals surface area contributed by atoms with Crippen LogP contribution < -0.4 is 5.32 Å². The number of hydrogen-bond acceptors (Lipinski definition) is 3. The van der Waals surface area contributed by atoms with Crippen molar-refractivity contribution in [3.05, 3.63) is 0 Å². The Labute approximate surface area is 175 Å². The second-order valence-electron chi connectivity index (χ2n) is 8.22. The van der Waals surface area contributed by atoms with Crippen LogP contribution in [0.4, 0.5) is 0 Å². The zero-order valence-electron chi connectivity index (χ0n) is 19.3. The van der Waals surface area contributed by atoms with Gasteiger partial charge >= 0.3 is 0 Å². The summed E-state index contributed by atoms with van der Waals surface area (Å²) in [4.78, 5) is 14.2. The Morgan fingerprint density at radius 3 is 1.61 bits per heavy atom. The normalized spacial score (nSPS) is 12.5. The molecule has 0 aromatic heterocycles. The highest BCUT2D eigenvalue weighted by atomic mass is 16.3. The number of carbonyl (C=O) groups excluding carboxylic acids is 1. The second kappa shape index (κ2) is 21.1. The summed E-state index contributed by atoms with van der Waals surface area (Å²) in [6, 6.07) is 0. The van der Waals surface area contributed by atoms with Crippen LogP contribution in [0.1, 0.15) is 117 Å². The Kier molecular flexibility index (Phi) is 20.6. The highest BCUT2D eigenvalue weighted by Crippen LogP contribution is 2.13. The Hall–Kier alpha value is -0.610. The summed E-state index contributed by atoms with van der Waals surface area (Å²) < 4.78 is 0. The van der Waals surface area contributed by atoms with Crippen molar-refractivity contribution in [2.45, 2.75) is 123 Å². The molecule has 0 fully saturated rings. The molecule has 0 aliphatic carbocycles. The van der Waals surface area contributed by atoms with Crippen LogP contribution in [0.2, 0.25) is 0 Å². The lowest BCUT2D eigenvalue weighted by atomic mass is 10.0. The predicted molar refractivity (Wildman–Crippen MR) is 122 cm³/mol. The van der Waals surface area contributed by atoms with Gasteiger partial charge in [0.1, 0.15) is 6.10 Å². The van der Waals surface area contributed by atoms with E-state index in [1.807, 2.05) is 0 Å². The number of aliphatic hydroxyl groups is 1. The first-order valence-electron chi connectivity index (χ1n) is 12.3. The van der Waals surface area contributed by atoms with Gasteiger partial charge in [0.15, 0.2) is 0 Å². The van der Waals surface area contributed by atoms with E-state index in [0.29, 0.717) is 13.0 Å². The van der Waals surface area contributed by atoms with Crippen molar-refractivity contribution < 1.29 is 9.90 Å². The molecular formula is C24H50N2O2. The summed E-state index contributed by atoms with van der Waals surface area (Å²) in [5.41, 5.74) is 0. The number of rotatable bonds is 21. The van der Waals surface area contributed by atoms with Crippen LogP contribution in [0, 0.1) is 0 Å². The van der Waals surface area contributed by atoms with E-state index in [0.717, 1.165) is 32.5 Å². The monoisotopic (exact) mass is 398 g/mol. The topological polar surface area (TPSA) is 52.6 Å². The van der Waals surface area contributed by atoms with E-state index in [9.17, 15) is 9.90 Å². The largest absolute Gasteiger partial charge is 0.383 e. The maximum atomic E-state index is 11.9. The molecular weight excluding hydrogens is 348 g/mol. The maximum Gasteiger partial charge on any atom is 0.248 e. The molecule has 28 heavy (non-hydrogen) atoms. The molecule has 0 aromatic rings. The maximum absolute atomic E-state index is 11.9. The van der Waals surface area contributed by atoms with Crippen LogP contribution in [0.3, 0.4) is 0 Å². The number of unbranched alkanes of at least 4 members (excludes halogenated alkanes) is 13. The number of hydrogen-bond donors (Lipinski definition) is 2. The van der Waals surface area contributed by atoms with Crippen molar-refractivity contribution in [1.82, 2.24) is 10.2 Å². The molecule has 0 spiro atoms. The summed E-state index contributed by atoms with van der Waals surface area (Å²) >= 11 is 0. The molecule has 0 saturated carbocycles. The summed E-state index contributed by atoms with van der Waals surface area (Å²) in [6.07, 6.45) is 18.3. The number of aliphatic hydroxyl groups excluding tert-OH is 1. The van der Waals surface area contributed by atoms with Gasteiger partial charge in [-0.2, -0.15) is 0 Å². The zero-order chi connectivity index (χ0) is 20.9. The molecule has 0 rings (SSSR count). The average molecular weight is 399 g/mol. The summed E-state index contributed by atoms with van der Waals surface area (Å²) in [5, 5.41) is 12.8. The molecule has 168 valence electrons. The molecule has 0 aliphatic heterocycles. The van der Waals surface area contributed by atoms with Gasteiger partial charge in [-0.15, -0.1) is 0 Å². The molecule has 0 heterocycles. The van der Waals surface area contributed by atoms with Gasteiger partial charge in [-0.05, 0) is 19.5 Å². The lowest BCUT2D eigenvalue weighted by Gasteiger charge is -2.18. The molecule has 0 radical (unpaired) electrons. The summed E-state index contributed by atoms with van der Waals surface area (Å²) in [6.45, 7) is 9.97. The molecule has 0 aromatic carbocycles. The van der Waals surface area contributed by atoms with E-state index in [-0.39, 0.29) is 5.91 Å². The first-order chi connectivity index (χ1) is 13.7. The molecule has 1 atom stereocenters. The van der Waals surface area contributed by atoms with Crippen molar-refractivity contribution in [2.24, 2.45) is 0 Å². The summed E-state index contributed by atoms with van der Waals surface area (Å²) in [5.74, 6) is -0.207. The first kappa shape index (κ1) is 27.4. The zero-order valence-corrected chi connectivity index (χ0v) is 19.3. The van der Waals surface area contributed by atoms with Crippen LogP contribution in [-0.4, -0.2) is 48.2 Å². The van der Waals surface area contributed by atoms with Gasteiger partial charge in [-0.1, -0.05) is 111 Å². The average Bonchev–Trinajstić information content (AvgIpc) is 2.71. The highest BCUT2D eigenvalue weighted by molar-refractivity contribution is 5.80. The third-order valence-electron chi connectivity index (χ3n) is 5.76. The number of likely N-dealkylation sites (N-methyl/N-ethyl adjacent to an activating group) is 1. The molecule has 1 unspecified atom stereocenters. The van der Waals surface area contributed by atoms with Gasteiger partial charge < -0.3 is 15.3 Å². The van der Waals surface area contributed by atoms with Crippen molar-refractivity contribution >= 4 is 5.91 Å². The van der Waals surface area contributed by atoms with Gasteiger partial charge in [-0.25, -0.2) is 0 Å². The highest BCUT2D eigenvalue weighted by Gasteiger charge is 2.13. The third kappa shape index (κ3) is 17.5. The second-order valence-corrected chi connectivity index (χ2v) is 8.22. The summed E-state index contributed by atoms with van der Waals surface area (Å²) in [7, 11) is 0. The van der Waals surface area contributed by atoms with E-state index in [1.54, 1.807) is 0 Å². The molecule has 0 aliphatic rings. The van der Waals surface area contributed by atoms with E-state index in [4.69, 9.17) is 0 Å². The van der Waals surface area contributed by atoms with E-state index in [2.05, 4.69) is 31.0 Å². The lowest BCUT2D eigenvalue weighted by molar-refractivity contribution is -0.129. The van der Waals surface area contributed by atoms with Gasteiger partial charge in [-0.3, -0.25) is 4.79 Å². The van der Waals surface area contributed by atoms with Crippen molar-refractivity contribution in [2.75, 3.05) is 26.2 Å². The van der Waals surface area contributed by atoms with E-state index >= 15 is 0 Å². The minimum absolute atomic E-state index is 0.207. The fourth-order valence-electron chi connectivity index (χ4n) is 3.66. The van der Waals surface area contributed by atoms with Crippen LogP contribution >= 0.6 is 0 Å². The van der Waals surface area contributed by atoms with Gasteiger partial charge in [0.05, 0.1) is 0 Å². The molecule has 4 nitrogen and oxygen atoms in total. The molecule has 2 N–H and O–H groups in total. The molecule has 0 saturated heterocycles. The SMILES string of the molecule is CCCCCCCCCCCCCCCCC(O)C(=O)NCCN(CC)CC. The van der Waals surface area contributed by atoms with Crippen LogP contribution in [0.25, 0.3) is 0 Å². The van der Waals surface area contributed by atoms with Crippen molar-refractivity contribution in [3.8, 4) is 0 Å². The minimum atomic E-state index is -0.839. The van der Waals surface area contributed by atoms with Gasteiger partial charge in [0, 0.05) is 13.1 Å². The standard InChI is InChI=1S/C24H50N2O2/c1-4-7-8-9-10-11-12-13-14-15-16-17-18-19-20-23(27)24(28)25-21-22-26(5-2)6-3/h23,27H,4-22H2,1-3H3,(H,25,28). The van der Waals surface area contributed by atoms with E-state index < -0.39 is 6.10 Å². The first-order valence-corrected chi connectivity index (χ1v) is 12.3. The number of carbonyl (C=O) groups is 1. The third-order valence-corrected chi connectivity index (χ3v) is 5.76. The smallest absolute Gasteiger partial charge is 0.248 e. The Morgan fingerprint density at radius 1 is 0.750 bits per heavy atom.